The maximum absolute atomic E-state index is 14.2. The molecule has 0 bridgehead atoms. The molecular formula is C23H24ClF2N3O4. The molecule has 0 fully saturated rings. The van der Waals surface area contributed by atoms with Gasteiger partial charge in [0, 0.05) is 36.3 Å². The van der Waals surface area contributed by atoms with E-state index in [1.54, 1.807) is 12.1 Å². The topological polar surface area (TPSA) is 88.7 Å². The number of nitrogens with zero attached hydrogens (tertiary/aromatic N) is 2. The molecule has 10 heteroatoms. The Hall–Kier alpha value is -3.01. The van der Waals surface area contributed by atoms with Gasteiger partial charge in [0.2, 0.25) is 5.88 Å². The number of anilines is 1. The minimum Gasteiger partial charge on any atom is -0.493 e. The number of hydrogen-bond acceptors (Lipinski definition) is 7. The average molecular weight is 480 g/mol. The number of benzene rings is 1. The maximum Gasteiger partial charge on any atom is 0.214 e. The van der Waals surface area contributed by atoms with Crippen molar-refractivity contribution in [2.24, 2.45) is 0 Å². The summed E-state index contributed by atoms with van der Waals surface area (Å²) in [4.78, 5) is 7.83. The lowest BCUT2D eigenvalue weighted by atomic mass is 10.0. The third kappa shape index (κ3) is 7.52. The van der Waals surface area contributed by atoms with E-state index >= 15 is 0 Å². The van der Waals surface area contributed by atoms with E-state index in [1.807, 2.05) is 6.92 Å². The van der Waals surface area contributed by atoms with Crippen LogP contribution in [0.3, 0.4) is 0 Å². The molecule has 0 aliphatic carbocycles. The van der Waals surface area contributed by atoms with E-state index in [1.165, 1.54) is 24.3 Å². The van der Waals surface area contributed by atoms with Crippen LogP contribution in [0.4, 0.5) is 14.6 Å². The van der Waals surface area contributed by atoms with Gasteiger partial charge in [0.05, 0.1) is 26.0 Å². The predicted molar refractivity (Wildman–Crippen MR) is 120 cm³/mol. The van der Waals surface area contributed by atoms with E-state index in [0.717, 1.165) is 11.8 Å². The fourth-order valence-corrected chi connectivity index (χ4v) is 3.12. The van der Waals surface area contributed by atoms with Crippen LogP contribution in [0.25, 0.3) is 11.1 Å². The Labute approximate surface area is 195 Å². The highest BCUT2D eigenvalue weighted by atomic mass is 35.5. The number of pyridine rings is 2. The molecule has 2 heterocycles. The van der Waals surface area contributed by atoms with Crippen molar-refractivity contribution in [2.45, 2.75) is 20.0 Å². The first-order valence-corrected chi connectivity index (χ1v) is 10.6. The van der Waals surface area contributed by atoms with Gasteiger partial charge in [-0.2, -0.15) is 0 Å². The Morgan fingerprint density at radius 1 is 1.00 bits per heavy atom. The van der Waals surface area contributed by atoms with Gasteiger partial charge in [0.1, 0.15) is 35.1 Å². The average Bonchev–Trinajstić information content (AvgIpc) is 2.78. The standard InChI is InChI=1S/C23H24ClF2N3O4/c1-2-30-14-31-13-15-8-21(24)29-23(9-15)33-7-3-6-32-20-10-16(25)4-5-17(20)18-11-22(27)28-12-19(18)26/h4-5,8-12H,2-3,6-7,13-14H2,1H3,(H2,27,28). The quantitative estimate of drug-likeness (QED) is 0.222. The number of aromatic nitrogens is 2. The Kier molecular flexibility index (Phi) is 9.17. The SMILES string of the molecule is CCOCOCc1cc(Cl)nc(OCCCOc2cc(F)ccc2-c2cc(N)ncc2F)c1. The van der Waals surface area contributed by atoms with Gasteiger partial charge in [-0.3, -0.25) is 0 Å². The summed E-state index contributed by atoms with van der Waals surface area (Å²) in [5.74, 6) is -0.411. The minimum absolute atomic E-state index is 0.145. The molecule has 0 spiro atoms. The molecule has 3 aromatic rings. The predicted octanol–water partition coefficient (Wildman–Crippen LogP) is 5.02. The molecule has 176 valence electrons. The molecule has 0 radical (unpaired) electrons. The molecule has 0 saturated carbocycles. The monoisotopic (exact) mass is 479 g/mol. The van der Waals surface area contributed by atoms with Crippen LogP contribution in [0, 0.1) is 11.6 Å². The van der Waals surface area contributed by atoms with E-state index in [2.05, 4.69) is 9.97 Å². The highest BCUT2D eigenvalue weighted by Gasteiger charge is 2.13. The van der Waals surface area contributed by atoms with Crippen molar-refractivity contribution in [1.29, 1.82) is 0 Å². The second-order valence-electron chi connectivity index (χ2n) is 6.88. The molecule has 0 atom stereocenters. The number of halogens is 3. The highest BCUT2D eigenvalue weighted by molar-refractivity contribution is 6.29. The van der Waals surface area contributed by atoms with Crippen LogP contribution < -0.4 is 15.2 Å². The van der Waals surface area contributed by atoms with Gasteiger partial charge in [0.25, 0.3) is 0 Å². The molecule has 2 N–H and O–H groups in total. The van der Waals surface area contributed by atoms with E-state index in [9.17, 15) is 8.78 Å². The zero-order valence-electron chi connectivity index (χ0n) is 18.0. The summed E-state index contributed by atoms with van der Waals surface area (Å²) in [6.45, 7) is 3.40. The molecule has 0 saturated heterocycles. The van der Waals surface area contributed by atoms with Crippen LogP contribution >= 0.6 is 11.6 Å². The van der Waals surface area contributed by atoms with Crippen LogP contribution in [0.5, 0.6) is 11.6 Å². The summed E-state index contributed by atoms with van der Waals surface area (Å²) in [6.07, 6.45) is 1.47. The minimum atomic E-state index is -0.586. The van der Waals surface area contributed by atoms with Crippen LogP contribution in [0.1, 0.15) is 18.9 Å². The van der Waals surface area contributed by atoms with Crippen LogP contribution in [0.2, 0.25) is 5.15 Å². The molecule has 2 aromatic heterocycles. The molecule has 3 rings (SSSR count). The Bertz CT molecular complexity index is 1070. The second-order valence-corrected chi connectivity index (χ2v) is 7.26. The van der Waals surface area contributed by atoms with Crippen LogP contribution in [-0.2, 0) is 16.1 Å². The summed E-state index contributed by atoms with van der Waals surface area (Å²) in [5, 5.41) is 0.279. The largest absolute Gasteiger partial charge is 0.493 e. The smallest absolute Gasteiger partial charge is 0.214 e. The second kappa shape index (κ2) is 12.3. The molecular weight excluding hydrogens is 456 g/mol. The molecule has 33 heavy (non-hydrogen) atoms. The van der Waals surface area contributed by atoms with E-state index in [4.69, 9.17) is 36.3 Å². The molecule has 0 aliphatic heterocycles. The number of ether oxygens (including phenoxy) is 4. The molecule has 0 amide bonds. The molecule has 0 aliphatic rings. The Balaban J connectivity index is 1.55. The summed E-state index contributed by atoms with van der Waals surface area (Å²) in [7, 11) is 0. The lowest BCUT2D eigenvalue weighted by Gasteiger charge is -2.13. The Morgan fingerprint density at radius 3 is 2.64 bits per heavy atom. The van der Waals surface area contributed by atoms with Crippen LogP contribution in [0.15, 0.2) is 42.6 Å². The van der Waals surface area contributed by atoms with Gasteiger partial charge in [-0.1, -0.05) is 11.6 Å². The molecule has 1 aromatic carbocycles. The number of hydrogen-bond donors (Lipinski definition) is 1. The van der Waals surface area contributed by atoms with Gasteiger partial charge in [-0.15, -0.1) is 0 Å². The third-order valence-electron chi connectivity index (χ3n) is 4.38. The lowest BCUT2D eigenvalue weighted by Crippen LogP contribution is -2.07. The first-order valence-electron chi connectivity index (χ1n) is 10.2. The first kappa shape index (κ1) is 24.6. The van der Waals surface area contributed by atoms with Crippen molar-refractivity contribution in [3.8, 4) is 22.8 Å². The van der Waals surface area contributed by atoms with Gasteiger partial charge in [0.15, 0.2) is 0 Å². The lowest BCUT2D eigenvalue weighted by molar-refractivity contribution is -0.0572. The van der Waals surface area contributed by atoms with Crippen molar-refractivity contribution >= 4 is 17.4 Å². The van der Waals surface area contributed by atoms with Crippen molar-refractivity contribution in [3.05, 3.63) is 64.9 Å². The van der Waals surface area contributed by atoms with Gasteiger partial charge < -0.3 is 24.7 Å². The van der Waals surface area contributed by atoms with E-state index in [0.29, 0.717) is 31.1 Å². The van der Waals surface area contributed by atoms with Crippen molar-refractivity contribution in [2.75, 3.05) is 32.3 Å². The van der Waals surface area contributed by atoms with Gasteiger partial charge in [-0.05, 0) is 36.8 Å². The third-order valence-corrected chi connectivity index (χ3v) is 4.57. The fraction of sp³-hybridized carbons (Fsp3) is 0.304. The summed E-state index contributed by atoms with van der Waals surface area (Å²) < 4.78 is 49.9. The maximum atomic E-state index is 14.2. The zero-order chi connectivity index (χ0) is 23.6. The van der Waals surface area contributed by atoms with Gasteiger partial charge >= 0.3 is 0 Å². The summed E-state index contributed by atoms with van der Waals surface area (Å²) in [6, 6.07) is 8.63. The molecule has 7 nitrogen and oxygen atoms in total. The van der Waals surface area contributed by atoms with E-state index < -0.39 is 11.6 Å². The summed E-state index contributed by atoms with van der Waals surface area (Å²) >= 11 is 6.04. The number of rotatable bonds is 12. The van der Waals surface area contributed by atoms with Crippen molar-refractivity contribution in [3.63, 3.8) is 0 Å². The normalized spacial score (nSPS) is 10.9. The molecule has 0 unspecified atom stereocenters. The number of nitrogen functional groups attached to an aromatic ring is 1. The Morgan fingerprint density at radius 2 is 1.82 bits per heavy atom. The van der Waals surface area contributed by atoms with E-state index in [-0.39, 0.29) is 42.3 Å². The zero-order valence-corrected chi connectivity index (χ0v) is 18.8. The highest BCUT2D eigenvalue weighted by Crippen LogP contribution is 2.33. The van der Waals surface area contributed by atoms with Crippen molar-refractivity contribution < 1.29 is 27.7 Å². The van der Waals surface area contributed by atoms with Gasteiger partial charge in [-0.25, -0.2) is 18.7 Å². The van der Waals surface area contributed by atoms with Crippen molar-refractivity contribution in [1.82, 2.24) is 9.97 Å². The van der Waals surface area contributed by atoms with Crippen LogP contribution in [-0.4, -0.2) is 36.6 Å². The number of nitrogens with two attached hydrogens (primary N) is 1. The fourth-order valence-electron chi connectivity index (χ4n) is 2.90. The summed E-state index contributed by atoms with van der Waals surface area (Å²) in [5.41, 5.74) is 7.01. The first-order chi connectivity index (χ1) is 16.0.